The third-order valence-corrected chi connectivity index (χ3v) is 4.10. The molecule has 2 heterocycles. The standard InChI is InChI=1S/C19H21NO4/c1-12-10-20(11-13(2)23-12)19(22)18-9-8-17(24-18)16-6-4-15(5-7-16)14(3)21/h4-9,12-13H,10-11H2,1-3H3. The molecule has 1 aliphatic rings. The van der Waals surface area contributed by atoms with Crippen molar-refractivity contribution in [3.63, 3.8) is 0 Å². The largest absolute Gasteiger partial charge is 0.451 e. The van der Waals surface area contributed by atoms with Crippen molar-refractivity contribution in [1.82, 2.24) is 4.90 Å². The van der Waals surface area contributed by atoms with Gasteiger partial charge in [0.2, 0.25) is 0 Å². The lowest BCUT2D eigenvalue weighted by molar-refractivity contribution is -0.0592. The highest BCUT2D eigenvalue weighted by Crippen LogP contribution is 2.24. The molecule has 126 valence electrons. The number of carbonyl (C=O) groups excluding carboxylic acids is 2. The van der Waals surface area contributed by atoms with Crippen LogP contribution >= 0.6 is 0 Å². The van der Waals surface area contributed by atoms with Crippen LogP contribution in [0.3, 0.4) is 0 Å². The number of benzene rings is 1. The van der Waals surface area contributed by atoms with Gasteiger partial charge in [-0.15, -0.1) is 0 Å². The number of ketones is 1. The Kier molecular flexibility index (Phi) is 4.53. The predicted molar refractivity (Wildman–Crippen MR) is 90.1 cm³/mol. The van der Waals surface area contributed by atoms with Crippen LogP contribution in [0, 0.1) is 0 Å². The minimum atomic E-state index is -0.122. The van der Waals surface area contributed by atoms with Crippen LogP contribution in [0.1, 0.15) is 41.7 Å². The molecule has 1 aromatic heterocycles. The van der Waals surface area contributed by atoms with Crippen LogP contribution in [-0.4, -0.2) is 41.9 Å². The van der Waals surface area contributed by atoms with E-state index in [1.165, 1.54) is 6.92 Å². The van der Waals surface area contributed by atoms with Gasteiger partial charge < -0.3 is 14.1 Å². The van der Waals surface area contributed by atoms with E-state index in [1.807, 2.05) is 26.0 Å². The number of nitrogens with zero attached hydrogens (tertiary/aromatic N) is 1. The third kappa shape index (κ3) is 3.41. The van der Waals surface area contributed by atoms with Crippen molar-refractivity contribution >= 4 is 11.7 Å². The van der Waals surface area contributed by atoms with E-state index < -0.39 is 0 Å². The van der Waals surface area contributed by atoms with Crippen molar-refractivity contribution < 1.29 is 18.7 Å². The van der Waals surface area contributed by atoms with Gasteiger partial charge in [-0.25, -0.2) is 0 Å². The predicted octanol–water partition coefficient (Wildman–Crippen LogP) is 3.40. The van der Waals surface area contributed by atoms with Crippen LogP contribution in [0.25, 0.3) is 11.3 Å². The zero-order valence-corrected chi connectivity index (χ0v) is 14.1. The number of hydrogen-bond acceptors (Lipinski definition) is 4. The number of morpholine rings is 1. The molecular weight excluding hydrogens is 306 g/mol. The molecule has 3 rings (SSSR count). The molecule has 2 atom stereocenters. The first-order valence-electron chi connectivity index (χ1n) is 8.10. The number of hydrogen-bond donors (Lipinski definition) is 0. The van der Waals surface area contributed by atoms with Gasteiger partial charge in [0.25, 0.3) is 5.91 Å². The van der Waals surface area contributed by atoms with E-state index in [0.29, 0.717) is 30.2 Å². The van der Waals surface area contributed by atoms with Gasteiger partial charge in [0.15, 0.2) is 11.5 Å². The number of carbonyl (C=O) groups is 2. The Bertz CT molecular complexity index is 737. The van der Waals surface area contributed by atoms with Crippen molar-refractivity contribution in [1.29, 1.82) is 0 Å². The van der Waals surface area contributed by atoms with Gasteiger partial charge >= 0.3 is 0 Å². The summed E-state index contributed by atoms with van der Waals surface area (Å²) < 4.78 is 11.4. The Morgan fingerprint density at radius 2 is 1.62 bits per heavy atom. The fourth-order valence-electron chi connectivity index (χ4n) is 2.98. The number of Topliss-reactive ketones (excluding diaryl/α,β-unsaturated/α-hetero) is 1. The Hall–Kier alpha value is -2.40. The highest BCUT2D eigenvalue weighted by atomic mass is 16.5. The number of rotatable bonds is 3. The SMILES string of the molecule is CC(=O)c1ccc(-c2ccc(C(=O)N3CC(C)OC(C)C3)o2)cc1. The monoisotopic (exact) mass is 327 g/mol. The lowest BCUT2D eigenvalue weighted by Gasteiger charge is -2.34. The van der Waals surface area contributed by atoms with E-state index in [2.05, 4.69) is 0 Å². The molecule has 0 spiro atoms. The van der Waals surface area contributed by atoms with Crippen LogP contribution in [-0.2, 0) is 4.74 Å². The van der Waals surface area contributed by atoms with E-state index in [-0.39, 0.29) is 23.9 Å². The molecule has 0 aliphatic carbocycles. The molecular formula is C19H21NO4. The Labute approximate surface area is 141 Å². The van der Waals surface area contributed by atoms with Crippen LogP contribution in [0.5, 0.6) is 0 Å². The lowest BCUT2D eigenvalue weighted by atomic mass is 10.1. The minimum absolute atomic E-state index is 0.0197. The summed E-state index contributed by atoms with van der Waals surface area (Å²) in [4.78, 5) is 25.7. The van der Waals surface area contributed by atoms with E-state index in [9.17, 15) is 9.59 Å². The number of ether oxygens (including phenoxy) is 1. The van der Waals surface area contributed by atoms with Crippen LogP contribution in [0.4, 0.5) is 0 Å². The number of amides is 1. The first-order valence-corrected chi connectivity index (χ1v) is 8.10. The van der Waals surface area contributed by atoms with Crippen molar-refractivity contribution in [2.24, 2.45) is 0 Å². The van der Waals surface area contributed by atoms with Crippen molar-refractivity contribution in [2.75, 3.05) is 13.1 Å². The molecule has 2 unspecified atom stereocenters. The highest BCUT2D eigenvalue weighted by molar-refractivity contribution is 5.94. The maximum absolute atomic E-state index is 12.6. The van der Waals surface area contributed by atoms with Gasteiger partial charge in [0.05, 0.1) is 12.2 Å². The maximum Gasteiger partial charge on any atom is 0.289 e. The molecule has 5 nitrogen and oxygen atoms in total. The van der Waals surface area contributed by atoms with Gasteiger partial charge in [-0.1, -0.05) is 24.3 Å². The van der Waals surface area contributed by atoms with E-state index in [1.54, 1.807) is 29.2 Å². The van der Waals surface area contributed by atoms with Gasteiger partial charge in [-0.05, 0) is 32.9 Å². The molecule has 1 amide bonds. The topological polar surface area (TPSA) is 59.8 Å². The zero-order chi connectivity index (χ0) is 17.3. The molecule has 1 aromatic carbocycles. The molecule has 5 heteroatoms. The molecule has 0 radical (unpaired) electrons. The first kappa shape index (κ1) is 16.5. The summed E-state index contributed by atoms with van der Waals surface area (Å²) >= 11 is 0. The van der Waals surface area contributed by atoms with Crippen LogP contribution in [0.15, 0.2) is 40.8 Å². The summed E-state index contributed by atoms with van der Waals surface area (Å²) in [5, 5.41) is 0. The van der Waals surface area contributed by atoms with Crippen LogP contribution in [0.2, 0.25) is 0 Å². The Morgan fingerprint density at radius 1 is 1.00 bits per heavy atom. The summed E-state index contributed by atoms with van der Waals surface area (Å²) in [7, 11) is 0. The van der Waals surface area contributed by atoms with Gasteiger partial charge in [0, 0.05) is 24.2 Å². The minimum Gasteiger partial charge on any atom is -0.451 e. The average Bonchev–Trinajstić information content (AvgIpc) is 3.03. The molecule has 0 bridgehead atoms. The zero-order valence-electron chi connectivity index (χ0n) is 14.1. The quantitative estimate of drug-likeness (QED) is 0.811. The van der Waals surface area contributed by atoms with Gasteiger partial charge in [-0.2, -0.15) is 0 Å². The van der Waals surface area contributed by atoms with Gasteiger partial charge in [0.1, 0.15) is 5.76 Å². The molecule has 0 saturated carbocycles. The van der Waals surface area contributed by atoms with Crippen LogP contribution < -0.4 is 0 Å². The summed E-state index contributed by atoms with van der Waals surface area (Å²) in [6, 6.07) is 10.6. The van der Waals surface area contributed by atoms with E-state index in [4.69, 9.17) is 9.15 Å². The fraction of sp³-hybridized carbons (Fsp3) is 0.368. The van der Waals surface area contributed by atoms with Crippen molar-refractivity contribution in [3.05, 3.63) is 47.7 Å². The highest BCUT2D eigenvalue weighted by Gasteiger charge is 2.28. The summed E-state index contributed by atoms with van der Waals surface area (Å²) in [5.41, 5.74) is 1.49. The van der Waals surface area contributed by atoms with Crippen molar-refractivity contribution in [3.8, 4) is 11.3 Å². The van der Waals surface area contributed by atoms with E-state index >= 15 is 0 Å². The molecule has 24 heavy (non-hydrogen) atoms. The smallest absolute Gasteiger partial charge is 0.289 e. The second-order valence-corrected chi connectivity index (χ2v) is 6.26. The van der Waals surface area contributed by atoms with Gasteiger partial charge in [-0.3, -0.25) is 9.59 Å². The van der Waals surface area contributed by atoms with E-state index in [0.717, 1.165) is 5.56 Å². The molecule has 1 fully saturated rings. The van der Waals surface area contributed by atoms with Crippen molar-refractivity contribution in [2.45, 2.75) is 33.0 Å². The summed E-state index contributed by atoms with van der Waals surface area (Å²) in [6.07, 6.45) is 0.0394. The second-order valence-electron chi connectivity index (χ2n) is 6.26. The lowest BCUT2D eigenvalue weighted by Crippen LogP contribution is -2.48. The fourth-order valence-corrected chi connectivity index (χ4v) is 2.98. The summed E-state index contributed by atoms with van der Waals surface area (Å²) in [6.45, 7) is 6.57. The molecule has 1 aliphatic heterocycles. The summed E-state index contributed by atoms with van der Waals surface area (Å²) in [5.74, 6) is 0.834. The second kappa shape index (κ2) is 6.61. The molecule has 1 saturated heterocycles. The Morgan fingerprint density at radius 3 is 2.21 bits per heavy atom. The first-order chi connectivity index (χ1) is 11.4. The maximum atomic E-state index is 12.6. The molecule has 0 N–H and O–H groups in total. The third-order valence-electron chi connectivity index (χ3n) is 4.10. The number of furan rings is 1. The molecule has 2 aromatic rings. The Balaban J connectivity index is 1.77. The average molecular weight is 327 g/mol. The normalized spacial score (nSPS) is 20.9.